The molecule has 3 rings (SSSR count). The molecule has 0 aliphatic carbocycles. The third-order valence-electron chi connectivity index (χ3n) is 5.75. The van der Waals surface area contributed by atoms with Crippen LogP contribution < -0.4 is 5.14 Å². The van der Waals surface area contributed by atoms with Crippen LogP contribution in [0.15, 0.2) is 30.3 Å². The molecule has 1 aromatic rings. The van der Waals surface area contributed by atoms with Crippen molar-refractivity contribution in [2.24, 2.45) is 11.1 Å². The van der Waals surface area contributed by atoms with E-state index in [-0.39, 0.29) is 17.9 Å². The predicted molar refractivity (Wildman–Crippen MR) is 105 cm³/mol. The highest BCUT2D eigenvalue weighted by molar-refractivity contribution is 7.86. The predicted octanol–water partition coefficient (Wildman–Crippen LogP) is 1.02. The lowest BCUT2D eigenvalue weighted by Gasteiger charge is -2.34. The van der Waals surface area contributed by atoms with E-state index in [2.05, 4.69) is 36.1 Å². The summed E-state index contributed by atoms with van der Waals surface area (Å²) < 4.78 is 24.2. The van der Waals surface area contributed by atoms with Crippen molar-refractivity contribution in [3.8, 4) is 0 Å². The Morgan fingerprint density at radius 3 is 2.33 bits per heavy atom. The lowest BCUT2D eigenvalue weighted by atomic mass is 9.95. The first-order valence-electron chi connectivity index (χ1n) is 9.69. The third-order valence-corrected chi connectivity index (χ3v) is 6.83. The minimum Gasteiger partial charge on any atom is -0.338 e. The molecule has 150 valence electrons. The number of hydrogen-bond donors (Lipinski definition) is 1. The van der Waals surface area contributed by atoms with E-state index in [9.17, 15) is 13.2 Å². The Bertz CT molecular complexity index is 733. The van der Waals surface area contributed by atoms with Crippen molar-refractivity contribution in [2.75, 3.05) is 32.7 Å². The summed E-state index contributed by atoms with van der Waals surface area (Å²) in [6, 6.07) is 10.6. The number of piperidine rings is 1. The zero-order chi connectivity index (χ0) is 19.4. The molecule has 2 saturated heterocycles. The van der Waals surface area contributed by atoms with E-state index in [0.29, 0.717) is 25.9 Å². The smallest absolute Gasteiger partial charge is 0.276 e. The normalized spacial score (nSPS) is 23.9. The monoisotopic (exact) mass is 394 g/mol. The molecule has 2 fully saturated rings. The number of nitrogens with two attached hydrogens (primary N) is 1. The van der Waals surface area contributed by atoms with Crippen LogP contribution in [-0.4, -0.2) is 67.2 Å². The van der Waals surface area contributed by atoms with Gasteiger partial charge in [0.2, 0.25) is 5.91 Å². The molecule has 27 heavy (non-hydrogen) atoms. The highest BCUT2D eigenvalue weighted by Crippen LogP contribution is 2.23. The van der Waals surface area contributed by atoms with Crippen molar-refractivity contribution >= 4 is 16.1 Å². The van der Waals surface area contributed by atoms with E-state index in [1.165, 1.54) is 9.87 Å². The number of carbonyl (C=O) groups excluding carboxylic acids is 1. The van der Waals surface area contributed by atoms with Gasteiger partial charge in [0.05, 0.1) is 0 Å². The topological polar surface area (TPSA) is 86.9 Å². The number of nitrogens with zero attached hydrogens (tertiary/aromatic N) is 3. The first-order valence-corrected chi connectivity index (χ1v) is 11.2. The van der Waals surface area contributed by atoms with Gasteiger partial charge in [0.1, 0.15) is 0 Å². The Morgan fingerprint density at radius 2 is 1.70 bits per heavy atom. The molecule has 2 aliphatic rings. The van der Waals surface area contributed by atoms with Crippen molar-refractivity contribution in [2.45, 2.75) is 38.8 Å². The molecule has 1 unspecified atom stereocenters. The number of rotatable bonds is 4. The van der Waals surface area contributed by atoms with Gasteiger partial charge in [-0.3, -0.25) is 9.69 Å². The molecule has 1 aromatic carbocycles. The van der Waals surface area contributed by atoms with E-state index < -0.39 is 10.2 Å². The molecule has 0 spiro atoms. The summed E-state index contributed by atoms with van der Waals surface area (Å²) in [5, 5.41) is 5.19. The van der Waals surface area contributed by atoms with Gasteiger partial charge in [-0.1, -0.05) is 30.3 Å². The molecule has 0 saturated carbocycles. The Kier molecular flexibility index (Phi) is 6.52. The van der Waals surface area contributed by atoms with Crippen LogP contribution in [0.3, 0.4) is 0 Å². The molecule has 0 radical (unpaired) electrons. The maximum absolute atomic E-state index is 13.0. The summed E-state index contributed by atoms with van der Waals surface area (Å²) >= 11 is 0. The highest BCUT2D eigenvalue weighted by atomic mass is 32.2. The fraction of sp³-hybridized carbons (Fsp3) is 0.632. The van der Waals surface area contributed by atoms with E-state index in [1.807, 2.05) is 11.0 Å². The van der Waals surface area contributed by atoms with Gasteiger partial charge in [0.25, 0.3) is 10.2 Å². The Labute approximate surface area is 162 Å². The van der Waals surface area contributed by atoms with Crippen molar-refractivity contribution < 1.29 is 13.2 Å². The van der Waals surface area contributed by atoms with Crippen LogP contribution in [0.2, 0.25) is 0 Å². The van der Waals surface area contributed by atoms with Crippen LogP contribution >= 0.6 is 0 Å². The molecular weight excluding hydrogens is 364 g/mol. The fourth-order valence-electron chi connectivity index (χ4n) is 4.03. The summed E-state index contributed by atoms with van der Waals surface area (Å²) in [5.41, 5.74) is 1.29. The van der Waals surface area contributed by atoms with Gasteiger partial charge < -0.3 is 4.90 Å². The standard InChI is InChI=1S/C19H30N4O3S/c1-16-7-10-21(15-17-5-3-2-4-6-17)13-14-23(16)19(24)18-8-11-22(12-9-18)27(20,25)26/h2-6,16,18H,7-15H2,1H3,(H2,20,25,26). The largest absolute Gasteiger partial charge is 0.338 e. The quantitative estimate of drug-likeness (QED) is 0.826. The maximum Gasteiger partial charge on any atom is 0.276 e. The number of benzene rings is 1. The van der Waals surface area contributed by atoms with Crippen molar-refractivity contribution in [1.82, 2.24) is 14.1 Å². The zero-order valence-corrected chi connectivity index (χ0v) is 16.8. The molecule has 2 heterocycles. The number of amides is 1. The first kappa shape index (κ1) is 20.3. The molecule has 1 atom stereocenters. The zero-order valence-electron chi connectivity index (χ0n) is 16.0. The van der Waals surface area contributed by atoms with E-state index in [4.69, 9.17) is 5.14 Å². The molecule has 0 bridgehead atoms. The van der Waals surface area contributed by atoms with Gasteiger partial charge in [0, 0.05) is 51.2 Å². The molecule has 0 aromatic heterocycles. The number of hydrogen-bond acceptors (Lipinski definition) is 4. The van der Waals surface area contributed by atoms with Crippen LogP contribution in [0.5, 0.6) is 0 Å². The third kappa shape index (κ3) is 5.28. The second-order valence-corrected chi connectivity index (χ2v) is 9.20. The van der Waals surface area contributed by atoms with Gasteiger partial charge in [-0.2, -0.15) is 12.7 Å². The van der Waals surface area contributed by atoms with E-state index >= 15 is 0 Å². The maximum atomic E-state index is 13.0. The highest BCUT2D eigenvalue weighted by Gasteiger charge is 2.34. The lowest BCUT2D eigenvalue weighted by Crippen LogP contribution is -2.48. The molecule has 7 nitrogen and oxygen atoms in total. The van der Waals surface area contributed by atoms with E-state index in [1.54, 1.807) is 0 Å². The van der Waals surface area contributed by atoms with Crippen LogP contribution in [0.25, 0.3) is 0 Å². The van der Waals surface area contributed by atoms with Crippen molar-refractivity contribution in [3.63, 3.8) is 0 Å². The van der Waals surface area contributed by atoms with Crippen LogP contribution in [-0.2, 0) is 21.5 Å². The van der Waals surface area contributed by atoms with Gasteiger partial charge in [-0.15, -0.1) is 0 Å². The minimum absolute atomic E-state index is 0.105. The fourth-order valence-corrected chi connectivity index (χ4v) is 4.75. The van der Waals surface area contributed by atoms with E-state index in [0.717, 1.165) is 32.6 Å². The van der Waals surface area contributed by atoms with Crippen molar-refractivity contribution in [1.29, 1.82) is 0 Å². The van der Waals surface area contributed by atoms with Gasteiger partial charge in [-0.25, -0.2) is 5.14 Å². The molecular formula is C19H30N4O3S. The van der Waals surface area contributed by atoms with Gasteiger partial charge in [-0.05, 0) is 31.7 Å². The van der Waals surface area contributed by atoms with Crippen molar-refractivity contribution in [3.05, 3.63) is 35.9 Å². The van der Waals surface area contributed by atoms with Gasteiger partial charge in [0.15, 0.2) is 0 Å². The second kappa shape index (κ2) is 8.68. The number of carbonyl (C=O) groups is 1. The van der Waals surface area contributed by atoms with Gasteiger partial charge >= 0.3 is 0 Å². The Hall–Kier alpha value is -1.48. The summed E-state index contributed by atoms with van der Waals surface area (Å²) in [7, 11) is -3.65. The molecule has 2 aliphatic heterocycles. The Balaban J connectivity index is 1.56. The van der Waals surface area contributed by atoms with Crippen LogP contribution in [0.4, 0.5) is 0 Å². The average molecular weight is 395 g/mol. The van der Waals surface area contributed by atoms with Crippen LogP contribution in [0.1, 0.15) is 31.7 Å². The summed E-state index contributed by atoms with van der Waals surface area (Å²) in [4.78, 5) is 17.5. The SMILES string of the molecule is CC1CCN(Cc2ccccc2)CCN1C(=O)C1CCN(S(N)(=O)=O)CC1. The Morgan fingerprint density at radius 1 is 1.04 bits per heavy atom. The molecule has 2 N–H and O–H groups in total. The average Bonchev–Trinajstić information content (AvgIpc) is 2.83. The lowest BCUT2D eigenvalue weighted by molar-refractivity contribution is -0.138. The second-order valence-electron chi connectivity index (χ2n) is 7.65. The van der Waals surface area contributed by atoms with Crippen LogP contribution in [0, 0.1) is 5.92 Å². The molecule has 1 amide bonds. The molecule has 8 heteroatoms. The summed E-state index contributed by atoms with van der Waals surface area (Å²) in [5.74, 6) is 0.0595. The summed E-state index contributed by atoms with van der Waals surface area (Å²) in [6.45, 7) is 6.24. The minimum atomic E-state index is -3.65. The summed E-state index contributed by atoms with van der Waals surface area (Å²) in [6.07, 6.45) is 2.05. The first-order chi connectivity index (χ1) is 12.8.